The van der Waals surface area contributed by atoms with Crippen LogP contribution in [0.4, 0.5) is 10.1 Å². The quantitative estimate of drug-likeness (QED) is 0.548. The van der Waals surface area contributed by atoms with E-state index < -0.39 is 15.8 Å². The Morgan fingerprint density at radius 2 is 1.82 bits per heavy atom. The van der Waals surface area contributed by atoms with Crippen molar-refractivity contribution in [2.75, 3.05) is 32.1 Å². The van der Waals surface area contributed by atoms with Crippen LogP contribution in [0.25, 0.3) is 0 Å². The average molecular weight is 487 g/mol. The highest BCUT2D eigenvalue weighted by molar-refractivity contribution is 7.92. The third-order valence-corrected chi connectivity index (χ3v) is 6.55. The maximum atomic E-state index is 14.0. The van der Waals surface area contributed by atoms with Crippen molar-refractivity contribution in [3.63, 3.8) is 0 Å². The maximum absolute atomic E-state index is 14.0. The largest absolute Gasteiger partial charge is 0.494 e. The molecule has 0 radical (unpaired) electrons. The molecule has 0 saturated heterocycles. The molecule has 1 heterocycles. The lowest BCUT2D eigenvalue weighted by molar-refractivity contribution is 0.0785. The van der Waals surface area contributed by atoms with Gasteiger partial charge in [0.25, 0.3) is 15.9 Å². The van der Waals surface area contributed by atoms with E-state index in [-0.39, 0.29) is 34.3 Å². The summed E-state index contributed by atoms with van der Waals surface area (Å²) in [6.45, 7) is 0.900. The van der Waals surface area contributed by atoms with E-state index in [0.29, 0.717) is 30.3 Å². The van der Waals surface area contributed by atoms with Gasteiger partial charge in [-0.2, -0.15) is 0 Å². The minimum Gasteiger partial charge on any atom is -0.494 e. The molecule has 3 aromatic rings. The predicted molar refractivity (Wildman–Crippen MR) is 123 cm³/mol. The lowest BCUT2D eigenvalue weighted by Crippen LogP contribution is -2.26. The van der Waals surface area contributed by atoms with Crippen LogP contribution in [0.3, 0.4) is 0 Å². The van der Waals surface area contributed by atoms with Gasteiger partial charge in [-0.05, 0) is 48.0 Å². The summed E-state index contributed by atoms with van der Waals surface area (Å²) < 4.78 is 58.0. The van der Waals surface area contributed by atoms with Crippen molar-refractivity contribution in [2.24, 2.45) is 0 Å². The van der Waals surface area contributed by atoms with Crippen molar-refractivity contribution in [3.8, 4) is 17.2 Å². The number of benzene rings is 3. The van der Waals surface area contributed by atoms with Gasteiger partial charge in [0.2, 0.25) is 0 Å². The highest BCUT2D eigenvalue weighted by Crippen LogP contribution is 2.32. The Morgan fingerprint density at radius 3 is 2.56 bits per heavy atom. The fourth-order valence-corrected chi connectivity index (χ4v) is 4.56. The first-order valence-electron chi connectivity index (χ1n) is 10.4. The van der Waals surface area contributed by atoms with Gasteiger partial charge in [-0.3, -0.25) is 9.52 Å². The number of carbonyl (C=O) groups excluding carboxylic acids is 1. The summed E-state index contributed by atoms with van der Waals surface area (Å²) in [6, 6.07) is 15.0. The number of anilines is 1. The molecule has 0 spiro atoms. The molecule has 10 heteroatoms. The molecule has 4 rings (SSSR count). The number of amides is 1. The van der Waals surface area contributed by atoms with Gasteiger partial charge in [0.1, 0.15) is 13.2 Å². The Labute approximate surface area is 196 Å². The second kappa shape index (κ2) is 9.60. The molecule has 34 heavy (non-hydrogen) atoms. The van der Waals surface area contributed by atoms with Crippen LogP contribution in [0.15, 0.2) is 65.6 Å². The first-order chi connectivity index (χ1) is 16.3. The van der Waals surface area contributed by atoms with Gasteiger partial charge in [0.05, 0.1) is 12.0 Å². The molecule has 1 N–H and O–H groups in total. The molecular weight excluding hydrogens is 463 g/mol. The van der Waals surface area contributed by atoms with Gasteiger partial charge in [-0.25, -0.2) is 12.8 Å². The molecule has 1 amide bonds. The molecule has 1 aliphatic heterocycles. The van der Waals surface area contributed by atoms with Crippen LogP contribution in [-0.2, 0) is 16.6 Å². The summed E-state index contributed by atoms with van der Waals surface area (Å²) in [5.74, 6) is 0.0935. The molecule has 1 aliphatic rings. The zero-order chi connectivity index (χ0) is 24.3. The number of sulfonamides is 1. The van der Waals surface area contributed by atoms with Crippen molar-refractivity contribution in [2.45, 2.75) is 11.4 Å². The van der Waals surface area contributed by atoms with Gasteiger partial charge < -0.3 is 19.1 Å². The zero-order valence-corrected chi connectivity index (χ0v) is 19.4. The molecule has 3 aromatic carbocycles. The summed E-state index contributed by atoms with van der Waals surface area (Å²) in [7, 11) is -0.976. The highest BCUT2D eigenvalue weighted by Gasteiger charge is 2.20. The number of hydrogen-bond donors (Lipinski definition) is 1. The topological polar surface area (TPSA) is 94.2 Å². The average Bonchev–Trinajstić information content (AvgIpc) is 2.83. The highest BCUT2D eigenvalue weighted by atomic mass is 32.2. The summed E-state index contributed by atoms with van der Waals surface area (Å²) in [4.78, 5) is 14.3. The molecule has 178 valence electrons. The summed E-state index contributed by atoms with van der Waals surface area (Å²) in [6.07, 6.45) is 0. The Balaban J connectivity index is 1.48. The van der Waals surface area contributed by atoms with E-state index in [0.717, 1.165) is 0 Å². The minimum absolute atomic E-state index is 0.00660. The maximum Gasteiger partial charge on any atom is 0.262 e. The Morgan fingerprint density at radius 1 is 1.06 bits per heavy atom. The number of nitrogens with zero attached hydrogens (tertiary/aromatic N) is 1. The van der Waals surface area contributed by atoms with Gasteiger partial charge in [0, 0.05) is 30.9 Å². The monoisotopic (exact) mass is 486 g/mol. The molecule has 0 aliphatic carbocycles. The van der Waals surface area contributed by atoms with Gasteiger partial charge in [-0.1, -0.05) is 12.1 Å². The SMILES string of the molecule is COc1ccc(CN(C)C(=O)c2cccc(NS(=O)(=O)c3ccc4c(c3)OCCO4)c2)cc1F. The smallest absolute Gasteiger partial charge is 0.262 e. The van der Waals surface area contributed by atoms with E-state index in [1.54, 1.807) is 37.4 Å². The molecule has 0 aromatic heterocycles. The molecule has 0 atom stereocenters. The molecule has 0 unspecified atom stereocenters. The van der Waals surface area contributed by atoms with Crippen molar-refractivity contribution >= 4 is 21.6 Å². The first-order valence-corrected chi connectivity index (χ1v) is 11.9. The first kappa shape index (κ1) is 23.4. The number of fused-ring (bicyclic) bond motifs is 1. The fourth-order valence-electron chi connectivity index (χ4n) is 3.49. The van der Waals surface area contributed by atoms with Gasteiger partial charge in [0.15, 0.2) is 23.1 Å². The Bertz CT molecular complexity index is 1330. The third-order valence-electron chi connectivity index (χ3n) is 5.17. The molecule has 8 nitrogen and oxygen atoms in total. The molecule has 0 saturated carbocycles. The summed E-state index contributed by atoms with van der Waals surface area (Å²) in [5.41, 5.74) is 1.09. The van der Waals surface area contributed by atoms with Crippen LogP contribution in [0, 0.1) is 5.82 Å². The van der Waals surface area contributed by atoms with E-state index in [1.807, 2.05) is 0 Å². The van der Waals surface area contributed by atoms with Crippen molar-refractivity contribution in [1.29, 1.82) is 0 Å². The normalized spacial score (nSPS) is 12.7. The van der Waals surface area contributed by atoms with Crippen molar-refractivity contribution in [1.82, 2.24) is 4.90 Å². The zero-order valence-electron chi connectivity index (χ0n) is 18.6. The second-order valence-corrected chi connectivity index (χ2v) is 9.30. The summed E-state index contributed by atoms with van der Waals surface area (Å²) in [5, 5.41) is 0. The van der Waals surface area contributed by atoms with Crippen LogP contribution in [-0.4, -0.2) is 46.6 Å². The number of rotatable bonds is 7. The van der Waals surface area contributed by atoms with E-state index in [2.05, 4.69) is 4.72 Å². The predicted octanol–water partition coefficient (Wildman–Crippen LogP) is 3.68. The van der Waals surface area contributed by atoms with Crippen LogP contribution >= 0.6 is 0 Å². The van der Waals surface area contributed by atoms with Crippen LogP contribution in [0.5, 0.6) is 17.2 Å². The van der Waals surface area contributed by atoms with Gasteiger partial charge in [-0.15, -0.1) is 0 Å². The standard InChI is InChI=1S/C24H23FN2O6S/c1-27(15-16-6-8-21(31-2)20(25)12-16)24(28)17-4-3-5-18(13-17)26-34(29,30)19-7-9-22-23(14-19)33-11-10-32-22/h3-9,12-14,26H,10-11,15H2,1-2H3. The Hall–Kier alpha value is -3.79. The summed E-state index contributed by atoms with van der Waals surface area (Å²) >= 11 is 0. The van der Waals surface area contributed by atoms with E-state index in [9.17, 15) is 17.6 Å². The number of nitrogens with one attached hydrogen (secondary N) is 1. The number of hydrogen-bond acceptors (Lipinski definition) is 6. The Kier molecular flexibility index (Phi) is 6.60. The van der Waals surface area contributed by atoms with E-state index in [4.69, 9.17) is 14.2 Å². The minimum atomic E-state index is -3.93. The van der Waals surface area contributed by atoms with E-state index >= 15 is 0 Å². The van der Waals surface area contributed by atoms with Crippen LogP contribution in [0.1, 0.15) is 15.9 Å². The lowest BCUT2D eigenvalue weighted by Gasteiger charge is -2.19. The van der Waals surface area contributed by atoms with E-state index in [1.165, 1.54) is 42.3 Å². The number of methoxy groups -OCH3 is 1. The molecule has 0 fully saturated rings. The molecule has 0 bridgehead atoms. The van der Waals surface area contributed by atoms with Crippen molar-refractivity contribution < 1.29 is 31.8 Å². The number of carbonyl (C=O) groups is 1. The third kappa shape index (κ3) is 5.07. The molecular formula is C24H23FN2O6S. The number of halogens is 1. The van der Waals surface area contributed by atoms with Gasteiger partial charge >= 0.3 is 0 Å². The lowest BCUT2D eigenvalue weighted by atomic mass is 10.1. The fraction of sp³-hybridized carbons (Fsp3) is 0.208. The van der Waals surface area contributed by atoms with Crippen LogP contribution in [0.2, 0.25) is 0 Å². The second-order valence-electron chi connectivity index (χ2n) is 7.62. The van der Waals surface area contributed by atoms with Crippen molar-refractivity contribution in [3.05, 3.63) is 77.6 Å². The number of ether oxygens (including phenoxy) is 3. The van der Waals surface area contributed by atoms with Crippen LogP contribution < -0.4 is 18.9 Å².